The highest BCUT2D eigenvalue weighted by atomic mass is 32.2. The van der Waals surface area contributed by atoms with Crippen molar-refractivity contribution < 1.29 is 9.21 Å². The summed E-state index contributed by atoms with van der Waals surface area (Å²) in [5, 5.41) is 2.70. The lowest BCUT2D eigenvalue weighted by Crippen LogP contribution is -2.31. The van der Waals surface area contributed by atoms with Crippen molar-refractivity contribution in [2.75, 3.05) is 12.8 Å². The second-order valence-electron chi connectivity index (χ2n) is 5.39. The van der Waals surface area contributed by atoms with E-state index in [1.54, 1.807) is 23.7 Å². The fraction of sp³-hybridized carbons (Fsp3) is 0.278. The SMILES string of the molecule is CCN(Cc1cccs1)C(=O)c1c(C)nc(-c2ccco2)nc1SC. The Labute approximate surface area is 155 Å². The van der Waals surface area contributed by atoms with Gasteiger partial charge in [0.15, 0.2) is 11.6 Å². The second-order valence-corrected chi connectivity index (χ2v) is 7.22. The molecule has 0 radical (unpaired) electrons. The van der Waals surface area contributed by atoms with Crippen LogP contribution in [0.1, 0.15) is 27.9 Å². The lowest BCUT2D eigenvalue weighted by Gasteiger charge is -2.22. The highest BCUT2D eigenvalue weighted by molar-refractivity contribution is 7.98. The molecule has 0 aliphatic carbocycles. The Morgan fingerprint density at radius 2 is 2.16 bits per heavy atom. The number of aryl methyl sites for hydroxylation is 1. The Morgan fingerprint density at radius 1 is 1.32 bits per heavy atom. The van der Waals surface area contributed by atoms with Gasteiger partial charge in [-0.3, -0.25) is 4.79 Å². The van der Waals surface area contributed by atoms with E-state index < -0.39 is 0 Å². The molecule has 0 saturated carbocycles. The molecule has 0 aliphatic rings. The zero-order valence-electron chi connectivity index (χ0n) is 14.4. The van der Waals surface area contributed by atoms with Gasteiger partial charge in [-0.2, -0.15) is 0 Å². The Kier molecular flexibility index (Phi) is 5.55. The molecule has 0 atom stereocenters. The smallest absolute Gasteiger partial charge is 0.258 e. The molecular weight excluding hydrogens is 354 g/mol. The zero-order chi connectivity index (χ0) is 17.8. The maximum atomic E-state index is 13.1. The van der Waals surface area contributed by atoms with Crippen molar-refractivity contribution >= 4 is 29.0 Å². The minimum atomic E-state index is -0.0382. The van der Waals surface area contributed by atoms with Crippen molar-refractivity contribution in [3.8, 4) is 11.6 Å². The summed E-state index contributed by atoms with van der Waals surface area (Å²) in [4.78, 5) is 25.1. The number of thioether (sulfide) groups is 1. The molecule has 3 heterocycles. The van der Waals surface area contributed by atoms with Crippen molar-refractivity contribution in [2.24, 2.45) is 0 Å². The first-order valence-corrected chi connectivity index (χ1v) is 10.0. The number of amides is 1. The first-order valence-electron chi connectivity index (χ1n) is 7.92. The molecule has 0 aliphatic heterocycles. The highest BCUT2D eigenvalue weighted by Crippen LogP contribution is 2.27. The van der Waals surface area contributed by atoms with Crippen LogP contribution < -0.4 is 0 Å². The van der Waals surface area contributed by atoms with Gasteiger partial charge >= 0.3 is 0 Å². The van der Waals surface area contributed by atoms with Crippen LogP contribution in [0, 0.1) is 6.92 Å². The Bertz CT molecular complexity index is 846. The number of nitrogens with zero attached hydrogens (tertiary/aromatic N) is 3. The average molecular weight is 374 g/mol. The van der Waals surface area contributed by atoms with E-state index >= 15 is 0 Å². The minimum Gasteiger partial charge on any atom is -0.461 e. The van der Waals surface area contributed by atoms with Crippen LogP contribution in [0.15, 0.2) is 45.4 Å². The lowest BCUT2D eigenvalue weighted by molar-refractivity contribution is 0.0748. The molecule has 5 nitrogen and oxygen atoms in total. The van der Waals surface area contributed by atoms with E-state index in [1.807, 2.05) is 48.6 Å². The second kappa shape index (κ2) is 7.84. The van der Waals surface area contributed by atoms with E-state index in [9.17, 15) is 4.79 Å². The van der Waals surface area contributed by atoms with Gasteiger partial charge < -0.3 is 9.32 Å². The molecule has 0 fully saturated rings. The molecule has 3 aromatic rings. The molecule has 0 saturated heterocycles. The zero-order valence-corrected chi connectivity index (χ0v) is 16.0. The van der Waals surface area contributed by atoms with Crippen LogP contribution >= 0.6 is 23.1 Å². The van der Waals surface area contributed by atoms with Crippen LogP contribution in [0.25, 0.3) is 11.6 Å². The largest absolute Gasteiger partial charge is 0.461 e. The summed E-state index contributed by atoms with van der Waals surface area (Å²) in [5.41, 5.74) is 1.24. The van der Waals surface area contributed by atoms with Gasteiger partial charge in [0, 0.05) is 11.4 Å². The number of rotatable bonds is 6. The number of furan rings is 1. The van der Waals surface area contributed by atoms with Crippen LogP contribution in [0.5, 0.6) is 0 Å². The predicted molar refractivity (Wildman–Crippen MR) is 101 cm³/mol. The third-order valence-electron chi connectivity index (χ3n) is 3.80. The van der Waals surface area contributed by atoms with Crippen LogP contribution in [-0.2, 0) is 6.54 Å². The van der Waals surface area contributed by atoms with Crippen LogP contribution in [0.4, 0.5) is 0 Å². The van der Waals surface area contributed by atoms with Gasteiger partial charge in [-0.15, -0.1) is 23.1 Å². The molecule has 130 valence electrons. The van der Waals surface area contributed by atoms with E-state index in [1.165, 1.54) is 11.8 Å². The number of hydrogen-bond donors (Lipinski definition) is 0. The fourth-order valence-corrected chi connectivity index (χ4v) is 3.87. The molecule has 0 aromatic carbocycles. The summed E-state index contributed by atoms with van der Waals surface area (Å²) in [5.74, 6) is 1.07. The molecule has 0 unspecified atom stereocenters. The topological polar surface area (TPSA) is 59.2 Å². The normalized spacial score (nSPS) is 10.8. The molecule has 3 rings (SSSR count). The van der Waals surface area contributed by atoms with Gasteiger partial charge in [0.2, 0.25) is 0 Å². The van der Waals surface area contributed by atoms with E-state index in [0.717, 1.165) is 4.88 Å². The molecule has 7 heteroatoms. The highest BCUT2D eigenvalue weighted by Gasteiger charge is 2.24. The first-order chi connectivity index (χ1) is 12.1. The van der Waals surface area contributed by atoms with E-state index in [0.29, 0.717) is 41.0 Å². The van der Waals surface area contributed by atoms with Crippen LogP contribution in [0.3, 0.4) is 0 Å². The maximum Gasteiger partial charge on any atom is 0.258 e. The molecule has 0 N–H and O–H groups in total. The van der Waals surface area contributed by atoms with Crippen molar-refractivity contribution in [3.05, 3.63) is 52.0 Å². The molecular formula is C18H19N3O2S2. The van der Waals surface area contributed by atoms with Crippen LogP contribution in [0.2, 0.25) is 0 Å². The summed E-state index contributed by atoms with van der Waals surface area (Å²) in [6, 6.07) is 7.65. The molecule has 0 spiro atoms. The average Bonchev–Trinajstić information content (AvgIpc) is 3.31. The first kappa shape index (κ1) is 17.7. The van der Waals surface area contributed by atoms with Gasteiger partial charge in [0.25, 0.3) is 5.91 Å². The quantitative estimate of drug-likeness (QED) is 0.471. The van der Waals surface area contributed by atoms with E-state index in [-0.39, 0.29) is 5.91 Å². The fourth-order valence-electron chi connectivity index (χ4n) is 2.53. The van der Waals surface area contributed by atoms with Crippen molar-refractivity contribution in [1.29, 1.82) is 0 Å². The number of aromatic nitrogens is 2. The number of thiophene rings is 1. The Hall–Kier alpha value is -2.12. The Balaban J connectivity index is 1.96. The van der Waals surface area contributed by atoms with E-state index in [2.05, 4.69) is 9.97 Å². The van der Waals surface area contributed by atoms with Gasteiger partial charge in [-0.1, -0.05) is 6.07 Å². The lowest BCUT2D eigenvalue weighted by atomic mass is 10.2. The number of carbonyl (C=O) groups is 1. The summed E-state index contributed by atoms with van der Waals surface area (Å²) < 4.78 is 5.38. The van der Waals surface area contributed by atoms with Crippen molar-refractivity contribution in [1.82, 2.24) is 14.9 Å². The summed E-state index contributed by atoms with van der Waals surface area (Å²) in [7, 11) is 0. The number of carbonyl (C=O) groups excluding carboxylic acids is 1. The van der Waals surface area contributed by atoms with Gasteiger partial charge in [-0.25, -0.2) is 9.97 Å². The molecule has 25 heavy (non-hydrogen) atoms. The van der Waals surface area contributed by atoms with Crippen molar-refractivity contribution in [2.45, 2.75) is 25.4 Å². The maximum absolute atomic E-state index is 13.1. The molecule has 3 aromatic heterocycles. The predicted octanol–water partition coefficient (Wildman–Crippen LogP) is 4.49. The van der Waals surface area contributed by atoms with Gasteiger partial charge in [-0.05, 0) is 43.7 Å². The van der Waals surface area contributed by atoms with Crippen LogP contribution in [-0.4, -0.2) is 33.6 Å². The van der Waals surface area contributed by atoms with Crippen molar-refractivity contribution in [3.63, 3.8) is 0 Å². The summed E-state index contributed by atoms with van der Waals surface area (Å²) in [6.07, 6.45) is 3.51. The third-order valence-corrected chi connectivity index (χ3v) is 5.34. The third kappa shape index (κ3) is 3.77. The van der Waals surface area contributed by atoms with E-state index in [4.69, 9.17) is 4.42 Å². The number of hydrogen-bond acceptors (Lipinski definition) is 6. The monoisotopic (exact) mass is 373 g/mol. The van der Waals surface area contributed by atoms with Gasteiger partial charge in [0.1, 0.15) is 5.03 Å². The molecule has 1 amide bonds. The minimum absolute atomic E-state index is 0.0382. The standard InChI is InChI=1S/C18H19N3O2S2/c1-4-21(11-13-7-6-10-25-13)18(22)15-12(2)19-16(20-17(15)24-3)14-8-5-9-23-14/h5-10H,4,11H2,1-3H3. The summed E-state index contributed by atoms with van der Waals surface area (Å²) >= 11 is 3.10. The molecule has 0 bridgehead atoms. The summed E-state index contributed by atoms with van der Waals surface area (Å²) in [6.45, 7) is 5.06. The Morgan fingerprint density at radius 3 is 2.76 bits per heavy atom. The van der Waals surface area contributed by atoms with Gasteiger partial charge in [0.05, 0.1) is 24.1 Å².